The summed E-state index contributed by atoms with van der Waals surface area (Å²) in [5.41, 5.74) is 19.0. The molecule has 0 bridgehead atoms. The second kappa shape index (κ2) is 11.8. The third-order valence-corrected chi connectivity index (χ3v) is 11.9. The van der Waals surface area contributed by atoms with Gasteiger partial charge in [0.1, 0.15) is 5.65 Å². The molecular formula is C52H32N4. The number of rotatable bonds is 4. The SMILES string of the molecule is c1ccc(-c2nc3ccccn3c2-c2ccc(-c3nc(-c4ccc5c(c4)C4(c6ccccc6-c6ccccc64)c4ccccc4-5)c4ccccc4n3)cc2)cc1. The quantitative estimate of drug-likeness (QED) is 0.182. The molecule has 0 radical (unpaired) electrons. The van der Waals surface area contributed by atoms with E-state index in [0.717, 1.165) is 55.9 Å². The number of nitrogens with zero attached hydrogens (tertiary/aromatic N) is 4. The van der Waals surface area contributed by atoms with Gasteiger partial charge in [-0.05, 0) is 68.8 Å². The van der Waals surface area contributed by atoms with Gasteiger partial charge in [-0.3, -0.25) is 4.40 Å². The van der Waals surface area contributed by atoms with Gasteiger partial charge in [-0.25, -0.2) is 15.0 Å². The van der Waals surface area contributed by atoms with Gasteiger partial charge in [-0.1, -0.05) is 164 Å². The highest BCUT2D eigenvalue weighted by atomic mass is 15.0. The lowest BCUT2D eigenvalue weighted by Crippen LogP contribution is -2.25. The topological polar surface area (TPSA) is 43.1 Å². The fourth-order valence-corrected chi connectivity index (χ4v) is 9.51. The van der Waals surface area contributed by atoms with E-state index in [1.165, 1.54) is 44.5 Å². The number of aromatic nitrogens is 4. The molecule has 12 rings (SSSR count). The number of para-hydroxylation sites is 1. The van der Waals surface area contributed by atoms with Crippen LogP contribution in [0.25, 0.3) is 84.0 Å². The van der Waals surface area contributed by atoms with Gasteiger partial charge < -0.3 is 0 Å². The predicted molar refractivity (Wildman–Crippen MR) is 226 cm³/mol. The summed E-state index contributed by atoms with van der Waals surface area (Å²) in [6, 6.07) is 67.4. The highest BCUT2D eigenvalue weighted by Gasteiger charge is 2.51. The molecule has 0 N–H and O–H groups in total. The predicted octanol–water partition coefficient (Wildman–Crippen LogP) is 12.3. The molecule has 7 aromatic carbocycles. The number of fused-ring (bicyclic) bond motifs is 12. The van der Waals surface area contributed by atoms with Crippen LogP contribution in [0.15, 0.2) is 194 Å². The molecule has 0 amide bonds. The molecular weight excluding hydrogens is 681 g/mol. The zero-order valence-electron chi connectivity index (χ0n) is 30.3. The summed E-state index contributed by atoms with van der Waals surface area (Å²) in [6.45, 7) is 0. The molecule has 0 saturated heterocycles. The lowest BCUT2D eigenvalue weighted by molar-refractivity contribution is 0.794. The first-order valence-electron chi connectivity index (χ1n) is 19.1. The van der Waals surface area contributed by atoms with Crippen LogP contribution in [0.1, 0.15) is 22.3 Å². The molecule has 3 heterocycles. The molecule has 0 saturated carbocycles. The lowest BCUT2D eigenvalue weighted by Gasteiger charge is -2.30. The Hall–Kier alpha value is -7.43. The third-order valence-electron chi connectivity index (χ3n) is 11.9. The van der Waals surface area contributed by atoms with E-state index in [-0.39, 0.29) is 0 Å². The molecule has 0 atom stereocenters. The molecule has 2 aliphatic rings. The highest BCUT2D eigenvalue weighted by molar-refractivity contribution is 5.98. The molecule has 260 valence electrons. The van der Waals surface area contributed by atoms with E-state index in [4.69, 9.17) is 15.0 Å². The fraction of sp³-hybridized carbons (Fsp3) is 0.0192. The summed E-state index contributed by atoms with van der Waals surface area (Å²) >= 11 is 0. The molecule has 4 heteroatoms. The van der Waals surface area contributed by atoms with Crippen molar-refractivity contribution in [2.75, 3.05) is 0 Å². The molecule has 3 aromatic heterocycles. The Labute approximate surface area is 324 Å². The molecule has 1 spiro atoms. The van der Waals surface area contributed by atoms with E-state index < -0.39 is 5.41 Å². The molecule has 0 unspecified atom stereocenters. The maximum atomic E-state index is 5.40. The summed E-state index contributed by atoms with van der Waals surface area (Å²) < 4.78 is 2.17. The van der Waals surface area contributed by atoms with Gasteiger partial charge in [0.15, 0.2) is 5.82 Å². The summed E-state index contributed by atoms with van der Waals surface area (Å²) in [5, 5.41) is 1.03. The Bertz CT molecular complexity index is 3130. The molecule has 0 fully saturated rings. The summed E-state index contributed by atoms with van der Waals surface area (Å²) in [6.07, 6.45) is 2.08. The van der Waals surface area contributed by atoms with Crippen LogP contribution in [0.2, 0.25) is 0 Å². The van der Waals surface area contributed by atoms with Crippen LogP contribution in [0, 0.1) is 0 Å². The Morgan fingerprint density at radius 2 is 0.946 bits per heavy atom. The standard InChI is InChI=1S/C52H32N4/c1-2-14-33(15-3-1)49-50(56-31-13-12-24-47(56)54-49)34-25-27-35(28-26-34)51-53-46-23-11-7-19-41(46)48(55-51)36-29-30-40-39-18-6-10-22-44(39)52(45(40)32-36)42-20-8-4-16-37(42)38-17-5-9-21-43(38)52/h1-32H. The average molecular weight is 713 g/mol. The Balaban J connectivity index is 1.03. The van der Waals surface area contributed by atoms with Crippen LogP contribution in [0.4, 0.5) is 0 Å². The van der Waals surface area contributed by atoms with Crippen molar-refractivity contribution in [3.05, 3.63) is 217 Å². The van der Waals surface area contributed by atoms with Crippen molar-refractivity contribution in [2.45, 2.75) is 5.41 Å². The van der Waals surface area contributed by atoms with Crippen LogP contribution in [-0.4, -0.2) is 19.4 Å². The van der Waals surface area contributed by atoms with Gasteiger partial charge in [-0.15, -0.1) is 0 Å². The van der Waals surface area contributed by atoms with Crippen molar-refractivity contribution in [1.29, 1.82) is 0 Å². The first-order chi connectivity index (χ1) is 27.8. The van der Waals surface area contributed by atoms with Crippen molar-refractivity contribution in [2.24, 2.45) is 0 Å². The first-order valence-corrected chi connectivity index (χ1v) is 19.1. The Morgan fingerprint density at radius 1 is 0.375 bits per heavy atom. The van der Waals surface area contributed by atoms with Gasteiger partial charge in [0, 0.05) is 33.8 Å². The van der Waals surface area contributed by atoms with E-state index >= 15 is 0 Å². The maximum Gasteiger partial charge on any atom is 0.160 e. The van der Waals surface area contributed by atoms with Crippen LogP contribution in [0.5, 0.6) is 0 Å². The van der Waals surface area contributed by atoms with Gasteiger partial charge >= 0.3 is 0 Å². The number of pyridine rings is 1. The highest BCUT2D eigenvalue weighted by Crippen LogP contribution is 2.63. The minimum Gasteiger partial charge on any atom is -0.299 e. The molecule has 2 aliphatic carbocycles. The van der Waals surface area contributed by atoms with E-state index in [1.807, 2.05) is 12.1 Å². The molecule has 4 nitrogen and oxygen atoms in total. The molecule has 56 heavy (non-hydrogen) atoms. The summed E-state index contributed by atoms with van der Waals surface area (Å²) in [5.74, 6) is 0.696. The smallest absolute Gasteiger partial charge is 0.160 e. The Morgan fingerprint density at radius 3 is 1.66 bits per heavy atom. The van der Waals surface area contributed by atoms with Crippen molar-refractivity contribution < 1.29 is 0 Å². The lowest BCUT2D eigenvalue weighted by atomic mass is 9.70. The number of hydrogen-bond acceptors (Lipinski definition) is 3. The van der Waals surface area contributed by atoms with E-state index in [1.54, 1.807) is 0 Å². The maximum absolute atomic E-state index is 5.40. The zero-order valence-corrected chi connectivity index (χ0v) is 30.3. The first kappa shape index (κ1) is 31.0. The van der Waals surface area contributed by atoms with Crippen LogP contribution >= 0.6 is 0 Å². The van der Waals surface area contributed by atoms with Crippen LogP contribution in [0.3, 0.4) is 0 Å². The Kier molecular flexibility index (Phi) is 6.52. The van der Waals surface area contributed by atoms with Crippen molar-refractivity contribution in [1.82, 2.24) is 19.4 Å². The molecule has 0 aliphatic heterocycles. The summed E-state index contributed by atoms with van der Waals surface area (Å²) in [7, 11) is 0. The minimum atomic E-state index is -0.424. The minimum absolute atomic E-state index is 0.424. The monoisotopic (exact) mass is 712 g/mol. The normalized spacial score (nSPS) is 13.1. The van der Waals surface area contributed by atoms with Crippen molar-refractivity contribution >= 4 is 16.6 Å². The van der Waals surface area contributed by atoms with Gasteiger partial charge in [-0.2, -0.15) is 0 Å². The van der Waals surface area contributed by atoms with Crippen LogP contribution in [-0.2, 0) is 5.41 Å². The molecule has 10 aromatic rings. The van der Waals surface area contributed by atoms with Gasteiger partial charge in [0.25, 0.3) is 0 Å². The zero-order chi connectivity index (χ0) is 36.8. The summed E-state index contributed by atoms with van der Waals surface area (Å²) in [4.78, 5) is 15.6. The van der Waals surface area contributed by atoms with Crippen LogP contribution < -0.4 is 0 Å². The number of hydrogen-bond donors (Lipinski definition) is 0. The van der Waals surface area contributed by atoms with E-state index in [9.17, 15) is 0 Å². The van der Waals surface area contributed by atoms with Gasteiger partial charge in [0.05, 0.1) is 28.0 Å². The fourth-order valence-electron chi connectivity index (χ4n) is 9.51. The van der Waals surface area contributed by atoms with E-state index in [0.29, 0.717) is 5.82 Å². The number of benzene rings is 7. The van der Waals surface area contributed by atoms with Crippen molar-refractivity contribution in [3.63, 3.8) is 0 Å². The average Bonchev–Trinajstić information content (AvgIpc) is 3.91. The van der Waals surface area contributed by atoms with Gasteiger partial charge in [0.2, 0.25) is 0 Å². The number of imidazole rings is 1. The second-order valence-corrected chi connectivity index (χ2v) is 14.7. The van der Waals surface area contributed by atoms with E-state index in [2.05, 4.69) is 187 Å². The second-order valence-electron chi connectivity index (χ2n) is 14.7. The van der Waals surface area contributed by atoms with Crippen molar-refractivity contribution in [3.8, 4) is 67.4 Å². The third kappa shape index (κ3) is 4.27. The largest absolute Gasteiger partial charge is 0.299 e.